The van der Waals surface area contributed by atoms with E-state index in [-0.39, 0.29) is 12.5 Å². The van der Waals surface area contributed by atoms with Crippen LogP contribution in [-0.4, -0.2) is 25.7 Å². The van der Waals surface area contributed by atoms with Gasteiger partial charge in [-0.3, -0.25) is 4.79 Å². The molecular formula is C19H24N2O3. The number of para-hydroxylation sites is 2. The van der Waals surface area contributed by atoms with Crippen LogP contribution in [0.4, 0.5) is 11.4 Å². The van der Waals surface area contributed by atoms with Crippen molar-refractivity contribution in [1.82, 2.24) is 0 Å². The minimum Gasteiger partial charge on any atom is -0.493 e. The van der Waals surface area contributed by atoms with Crippen molar-refractivity contribution in [2.24, 2.45) is 0 Å². The summed E-state index contributed by atoms with van der Waals surface area (Å²) >= 11 is 0. The fourth-order valence-electron chi connectivity index (χ4n) is 2.11. The van der Waals surface area contributed by atoms with Crippen LogP contribution in [-0.2, 0) is 4.79 Å². The maximum atomic E-state index is 12.0. The zero-order valence-corrected chi connectivity index (χ0v) is 14.3. The summed E-state index contributed by atoms with van der Waals surface area (Å²) in [6.45, 7) is 4.19. The summed E-state index contributed by atoms with van der Waals surface area (Å²) < 4.78 is 10.7. The Morgan fingerprint density at radius 3 is 2.29 bits per heavy atom. The van der Waals surface area contributed by atoms with Gasteiger partial charge in [-0.15, -0.1) is 0 Å². The molecule has 0 saturated carbocycles. The third-order valence-electron chi connectivity index (χ3n) is 3.62. The van der Waals surface area contributed by atoms with Crippen molar-refractivity contribution in [2.75, 3.05) is 24.4 Å². The van der Waals surface area contributed by atoms with Crippen LogP contribution in [0.15, 0.2) is 48.5 Å². The number of ether oxygens (including phenoxy) is 2. The van der Waals surface area contributed by atoms with E-state index in [1.54, 1.807) is 19.2 Å². The molecule has 0 heterocycles. The molecule has 0 spiro atoms. The van der Waals surface area contributed by atoms with Gasteiger partial charge in [0.05, 0.1) is 7.11 Å². The van der Waals surface area contributed by atoms with E-state index in [9.17, 15) is 4.79 Å². The standard InChI is InChI=1S/C19H24N2O3/c1-4-14(2)20-15-9-11-16(12-10-15)21-19(22)13-24-18-8-6-5-7-17(18)23-3/h5-12,14,20H,4,13H2,1-3H3,(H,21,22). The predicted octanol–water partition coefficient (Wildman–Crippen LogP) is 3.92. The average molecular weight is 328 g/mol. The molecule has 2 aromatic rings. The number of anilines is 2. The highest BCUT2D eigenvalue weighted by Gasteiger charge is 2.07. The maximum absolute atomic E-state index is 12.0. The van der Waals surface area contributed by atoms with Gasteiger partial charge in [0, 0.05) is 17.4 Å². The van der Waals surface area contributed by atoms with E-state index in [4.69, 9.17) is 9.47 Å². The SMILES string of the molecule is CCC(C)Nc1ccc(NC(=O)COc2ccccc2OC)cc1. The average Bonchev–Trinajstić information content (AvgIpc) is 2.61. The van der Waals surface area contributed by atoms with Gasteiger partial charge >= 0.3 is 0 Å². The predicted molar refractivity (Wildman–Crippen MR) is 96.9 cm³/mol. The number of benzene rings is 2. The number of nitrogens with one attached hydrogen (secondary N) is 2. The Bertz CT molecular complexity index is 656. The smallest absolute Gasteiger partial charge is 0.262 e. The second-order valence-corrected chi connectivity index (χ2v) is 5.52. The minimum absolute atomic E-state index is 0.0761. The van der Waals surface area contributed by atoms with Crippen molar-refractivity contribution in [2.45, 2.75) is 26.3 Å². The van der Waals surface area contributed by atoms with Crippen LogP contribution in [0.3, 0.4) is 0 Å². The van der Waals surface area contributed by atoms with E-state index in [0.29, 0.717) is 17.5 Å². The van der Waals surface area contributed by atoms with Gasteiger partial charge in [0.15, 0.2) is 18.1 Å². The van der Waals surface area contributed by atoms with Gasteiger partial charge in [0.2, 0.25) is 0 Å². The fourth-order valence-corrected chi connectivity index (χ4v) is 2.11. The quantitative estimate of drug-likeness (QED) is 0.771. The van der Waals surface area contributed by atoms with Gasteiger partial charge in [-0.25, -0.2) is 0 Å². The van der Waals surface area contributed by atoms with E-state index in [0.717, 1.165) is 17.8 Å². The zero-order valence-electron chi connectivity index (χ0n) is 14.3. The number of carbonyl (C=O) groups excluding carboxylic acids is 1. The number of amides is 1. The lowest BCUT2D eigenvalue weighted by atomic mass is 10.2. The molecule has 1 amide bonds. The Morgan fingerprint density at radius 2 is 1.67 bits per heavy atom. The lowest BCUT2D eigenvalue weighted by Gasteiger charge is -2.14. The molecule has 24 heavy (non-hydrogen) atoms. The normalized spacial score (nSPS) is 11.5. The molecule has 5 heteroatoms. The van der Waals surface area contributed by atoms with Crippen molar-refractivity contribution < 1.29 is 14.3 Å². The summed E-state index contributed by atoms with van der Waals surface area (Å²) in [6.07, 6.45) is 1.05. The van der Waals surface area contributed by atoms with Gasteiger partial charge in [-0.1, -0.05) is 19.1 Å². The van der Waals surface area contributed by atoms with Gasteiger partial charge in [0.1, 0.15) is 0 Å². The first kappa shape index (κ1) is 17.7. The van der Waals surface area contributed by atoms with Crippen molar-refractivity contribution in [3.8, 4) is 11.5 Å². The van der Waals surface area contributed by atoms with E-state index < -0.39 is 0 Å². The molecule has 0 bridgehead atoms. The Kier molecular flexibility index (Phi) is 6.49. The molecule has 2 N–H and O–H groups in total. The van der Waals surface area contributed by atoms with Crippen LogP contribution in [0.1, 0.15) is 20.3 Å². The van der Waals surface area contributed by atoms with E-state index >= 15 is 0 Å². The maximum Gasteiger partial charge on any atom is 0.262 e. The number of hydrogen-bond acceptors (Lipinski definition) is 4. The van der Waals surface area contributed by atoms with Crippen LogP contribution >= 0.6 is 0 Å². The first-order valence-electron chi connectivity index (χ1n) is 8.04. The molecule has 5 nitrogen and oxygen atoms in total. The number of rotatable bonds is 8. The van der Waals surface area contributed by atoms with Crippen LogP contribution in [0.25, 0.3) is 0 Å². The van der Waals surface area contributed by atoms with E-state index in [2.05, 4.69) is 24.5 Å². The largest absolute Gasteiger partial charge is 0.493 e. The summed E-state index contributed by atoms with van der Waals surface area (Å²) in [5.41, 5.74) is 1.77. The molecule has 2 rings (SSSR count). The molecule has 2 aromatic carbocycles. The topological polar surface area (TPSA) is 59.6 Å². The molecule has 0 saturated heterocycles. The van der Waals surface area contributed by atoms with Gasteiger partial charge in [-0.05, 0) is 49.7 Å². The monoisotopic (exact) mass is 328 g/mol. The Labute approximate surface area is 143 Å². The number of hydrogen-bond donors (Lipinski definition) is 2. The molecule has 128 valence electrons. The first-order valence-corrected chi connectivity index (χ1v) is 8.04. The Morgan fingerprint density at radius 1 is 1.04 bits per heavy atom. The molecule has 0 aliphatic carbocycles. The van der Waals surface area contributed by atoms with Gasteiger partial charge < -0.3 is 20.1 Å². The van der Waals surface area contributed by atoms with Crippen molar-refractivity contribution in [3.63, 3.8) is 0 Å². The molecule has 0 aliphatic heterocycles. The summed E-state index contributed by atoms with van der Waals surface area (Å²) in [7, 11) is 1.57. The van der Waals surface area contributed by atoms with Gasteiger partial charge in [-0.2, -0.15) is 0 Å². The summed E-state index contributed by atoms with van der Waals surface area (Å²) in [6, 6.07) is 15.3. The molecule has 0 fully saturated rings. The van der Waals surface area contributed by atoms with Crippen LogP contribution in [0.2, 0.25) is 0 Å². The molecule has 1 atom stereocenters. The third-order valence-corrected chi connectivity index (χ3v) is 3.62. The highest BCUT2D eigenvalue weighted by molar-refractivity contribution is 5.92. The Balaban J connectivity index is 1.86. The van der Waals surface area contributed by atoms with Crippen molar-refractivity contribution in [3.05, 3.63) is 48.5 Å². The van der Waals surface area contributed by atoms with Crippen LogP contribution < -0.4 is 20.1 Å². The summed E-state index contributed by atoms with van der Waals surface area (Å²) in [4.78, 5) is 12.0. The second kappa shape index (κ2) is 8.82. The first-order chi connectivity index (χ1) is 11.6. The molecule has 0 aromatic heterocycles. The molecule has 0 aliphatic rings. The lowest BCUT2D eigenvalue weighted by molar-refractivity contribution is -0.118. The van der Waals surface area contributed by atoms with E-state index in [1.165, 1.54) is 0 Å². The van der Waals surface area contributed by atoms with Crippen molar-refractivity contribution >= 4 is 17.3 Å². The van der Waals surface area contributed by atoms with Crippen LogP contribution in [0, 0.1) is 0 Å². The molecular weight excluding hydrogens is 304 g/mol. The zero-order chi connectivity index (χ0) is 17.4. The Hall–Kier alpha value is -2.69. The van der Waals surface area contributed by atoms with Gasteiger partial charge in [0.25, 0.3) is 5.91 Å². The lowest BCUT2D eigenvalue weighted by Crippen LogP contribution is -2.20. The highest BCUT2D eigenvalue weighted by Crippen LogP contribution is 2.25. The summed E-state index contributed by atoms with van der Waals surface area (Å²) in [5.74, 6) is 0.928. The molecule has 1 unspecified atom stereocenters. The van der Waals surface area contributed by atoms with E-state index in [1.807, 2.05) is 36.4 Å². The highest BCUT2D eigenvalue weighted by atomic mass is 16.5. The molecule has 0 radical (unpaired) electrons. The summed E-state index contributed by atoms with van der Waals surface area (Å²) in [5, 5.41) is 6.19. The fraction of sp³-hybridized carbons (Fsp3) is 0.316. The minimum atomic E-state index is -0.219. The van der Waals surface area contributed by atoms with Crippen molar-refractivity contribution in [1.29, 1.82) is 0 Å². The number of carbonyl (C=O) groups is 1. The van der Waals surface area contributed by atoms with Crippen LogP contribution in [0.5, 0.6) is 11.5 Å². The third kappa shape index (κ3) is 5.19. The second-order valence-electron chi connectivity index (χ2n) is 5.52. The number of methoxy groups -OCH3 is 1.